The van der Waals surface area contributed by atoms with Gasteiger partial charge in [-0.05, 0) is 31.5 Å². The fraction of sp³-hybridized carbons (Fsp3) is 0.588. The Labute approximate surface area is 128 Å². The van der Waals surface area contributed by atoms with Crippen molar-refractivity contribution in [2.75, 3.05) is 13.6 Å². The van der Waals surface area contributed by atoms with Crippen LogP contribution in [0.2, 0.25) is 0 Å². The third-order valence-electron chi connectivity index (χ3n) is 3.81. The van der Waals surface area contributed by atoms with Crippen LogP contribution in [0.15, 0.2) is 24.3 Å². The van der Waals surface area contributed by atoms with Crippen molar-refractivity contribution in [2.45, 2.75) is 52.2 Å². The highest BCUT2D eigenvalue weighted by molar-refractivity contribution is 5.81. The van der Waals surface area contributed by atoms with Gasteiger partial charge in [0.1, 0.15) is 0 Å². The molecule has 21 heavy (non-hydrogen) atoms. The summed E-state index contributed by atoms with van der Waals surface area (Å²) in [7, 11) is 1.98. The van der Waals surface area contributed by atoms with E-state index in [9.17, 15) is 4.79 Å². The molecule has 1 unspecified atom stereocenters. The highest BCUT2D eigenvalue weighted by atomic mass is 16.2. The zero-order chi connectivity index (χ0) is 15.7. The molecule has 0 aliphatic rings. The summed E-state index contributed by atoms with van der Waals surface area (Å²) in [5, 5.41) is 3.01. The van der Waals surface area contributed by atoms with Gasteiger partial charge in [-0.2, -0.15) is 0 Å². The normalized spacial score (nSPS) is 12.4. The topological polar surface area (TPSA) is 58.4 Å². The first-order valence-corrected chi connectivity index (χ1v) is 7.84. The zero-order valence-electron chi connectivity index (χ0n) is 13.6. The van der Waals surface area contributed by atoms with Crippen molar-refractivity contribution in [1.29, 1.82) is 0 Å². The molecule has 1 aromatic rings. The SMILES string of the molecule is CCCCCNC(=O)C(C)N(C)Cc1ccc(CN)cc1. The molecular formula is C17H29N3O. The zero-order valence-corrected chi connectivity index (χ0v) is 13.6. The van der Waals surface area contributed by atoms with Crippen molar-refractivity contribution < 1.29 is 4.79 Å². The maximum Gasteiger partial charge on any atom is 0.237 e. The quantitative estimate of drug-likeness (QED) is 0.686. The second-order valence-corrected chi connectivity index (χ2v) is 5.61. The summed E-state index contributed by atoms with van der Waals surface area (Å²) in [6, 6.07) is 8.10. The average Bonchev–Trinajstić information content (AvgIpc) is 2.51. The summed E-state index contributed by atoms with van der Waals surface area (Å²) >= 11 is 0. The Morgan fingerprint density at radius 2 is 1.86 bits per heavy atom. The minimum Gasteiger partial charge on any atom is -0.355 e. The molecule has 1 aromatic carbocycles. The number of carbonyl (C=O) groups excluding carboxylic acids is 1. The van der Waals surface area contributed by atoms with Crippen LogP contribution in [0.3, 0.4) is 0 Å². The van der Waals surface area contributed by atoms with E-state index in [0.29, 0.717) is 6.54 Å². The van der Waals surface area contributed by atoms with Gasteiger partial charge < -0.3 is 11.1 Å². The van der Waals surface area contributed by atoms with Crippen LogP contribution in [0.5, 0.6) is 0 Å². The standard InChI is InChI=1S/C17H29N3O/c1-4-5-6-11-19-17(21)14(2)20(3)13-16-9-7-15(12-18)8-10-16/h7-10,14H,4-6,11-13,18H2,1-3H3,(H,19,21). The Morgan fingerprint density at radius 3 is 2.43 bits per heavy atom. The van der Waals surface area contributed by atoms with Gasteiger partial charge >= 0.3 is 0 Å². The summed E-state index contributed by atoms with van der Waals surface area (Å²) in [5.41, 5.74) is 7.92. The lowest BCUT2D eigenvalue weighted by Gasteiger charge is -2.24. The van der Waals surface area contributed by atoms with Gasteiger partial charge in [-0.25, -0.2) is 0 Å². The Kier molecular flexibility index (Phi) is 8.01. The van der Waals surface area contributed by atoms with Crippen LogP contribution in [0.4, 0.5) is 0 Å². The van der Waals surface area contributed by atoms with Crippen LogP contribution in [-0.4, -0.2) is 30.4 Å². The lowest BCUT2D eigenvalue weighted by molar-refractivity contribution is -0.125. The van der Waals surface area contributed by atoms with Gasteiger partial charge in [-0.3, -0.25) is 9.69 Å². The summed E-state index contributed by atoms with van der Waals surface area (Å²) in [6.45, 7) is 6.20. The van der Waals surface area contributed by atoms with Gasteiger partial charge in [-0.15, -0.1) is 0 Å². The minimum atomic E-state index is -0.124. The fourth-order valence-electron chi connectivity index (χ4n) is 2.14. The lowest BCUT2D eigenvalue weighted by Crippen LogP contribution is -2.43. The molecule has 0 bridgehead atoms. The molecule has 0 spiro atoms. The molecule has 0 saturated carbocycles. The van der Waals surface area contributed by atoms with Crippen molar-refractivity contribution in [3.8, 4) is 0 Å². The first-order chi connectivity index (χ1) is 10.1. The number of hydrogen-bond donors (Lipinski definition) is 2. The van der Waals surface area contributed by atoms with E-state index in [0.717, 1.165) is 31.5 Å². The molecule has 0 aliphatic heterocycles. The van der Waals surface area contributed by atoms with Crippen molar-refractivity contribution >= 4 is 5.91 Å². The molecule has 1 amide bonds. The van der Waals surface area contributed by atoms with Crippen LogP contribution >= 0.6 is 0 Å². The Balaban J connectivity index is 2.41. The van der Waals surface area contributed by atoms with E-state index in [2.05, 4.69) is 29.3 Å². The molecule has 118 valence electrons. The second kappa shape index (κ2) is 9.53. The summed E-state index contributed by atoms with van der Waals surface area (Å²) in [5.74, 6) is 0.104. The van der Waals surface area contributed by atoms with Crippen LogP contribution in [0.25, 0.3) is 0 Å². The molecule has 0 aliphatic carbocycles. The van der Waals surface area contributed by atoms with E-state index in [-0.39, 0.29) is 11.9 Å². The first-order valence-electron chi connectivity index (χ1n) is 7.84. The predicted molar refractivity (Wildman–Crippen MR) is 87.8 cm³/mol. The number of nitrogens with one attached hydrogen (secondary N) is 1. The number of unbranched alkanes of at least 4 members (excludes halogenated alkanes) is 2. The van der Waals surface area contributed by atoms with Gasteiger partial charge in [0.05, 0.1) is 6.04 Å². The van der Waals surface area contributed by atoms with E-state index in [1.54, 1.807) is 0 Å². The van der Waals surface area contributed by atoms with Gasteiger partial charge in [0.15, 0.2) is 0 Å². The minimum absolute atomic E-state index is 0.104. The highest BCUT2D eigenvalue weighted by Crippen LogP contribution is 2.08. The van der Waals surface area contributed by atoms with E-state index >= 15 is 0 Å². The smallest absolute Gasteiger partial charge is 0.237 e. The number of benzene rings is 1. The number of nitrogens with zero attached hydrogens (tertiary/aromatic N) is 1. The summed E-state index contributed by atoms with van der Waals surface area (Å²) < 4.78 is 0. The fourth-order valence-corrected chi connectivity index (χ4v) is 2.14. The number of amides is 1. The number of carbonyl (C=O) groups is 1. The molecular weight excluding hydrogens is 262 g/mol. The van der Waals surface area contributed by atoms with E-state index < -0.39 is 0 Å². The number of hydrogen-bond acceptors (Lipinski definition) is 3. The average molecular weight is 291 g/mol. The Morgan fingerprint density at radius 1 is 1.24 bits per heavy atom. The largest absolute Gasteiger partial charge is 0.355 e. The maximum atomic E-state index is 12.1. The molecule has 0 aromatic heterocycles. The van der Waals surface area contributed by atoms with Gasteiger partial charge in [0.25, 0.3) is 0 Å². The summed E-state index contributed by atoms with van der Waals surface area (Å²) in [6.07, 6.45) is 3.39. The number of likely N-dealkylation sites (N-methyl/N-ethyl adjacent to an activating group) is 1. The van der Waals surface area contributed by atoms with Crippen LogP contribution in [-0.2, 0) is 17.9 Å². The van der Waals surface area contributed by atoms with Gasteiger partial charge in [0, 0.05) is 19.6 Å². The van der Waals surface area contributed by atoms with Crippen molar-refractivity contribution in [3.63, 3.8) is 0 Å². The molecule has 1 rings (SSSR count). The third kappa shape index (κ3) is 6.27. The first kappa shape index (κ1) is 17.7. The molecule has 1 atom stereocenters. The van der Waals surface area contributed by atoms with E-state index in [1.807, 2.05) is 26.1 Å². The highest BCUT2D eigenvalue weighted by Gasteiger charge is 2.17. The van der Waals surface area contributed by atoms with Crippen molar-refractivity contribution in [2.24, 2.45) is 5.73 Å². The van der Waals surface area contributed by atoms with Gasteiger partial charge in [0.2, 0.25) is 5.91 Å². The number of rotatable bonds is 9. The molecule has 3 N–H and O–H groups in total. The molecule has 0 fully saturated rings. The monoisotopic (exact) mass is 291 g/mol. The van der Waals surface area contributed by atoms with Crippen LogP contribution < -0.4 is 11.1 Å². The van der Waals surface area contributed by atoms with E-state index in [1.165, 1.54) is 12.0 Å². The third-order valence-corrected chi connectivity index (χ3v) is 3.81. The molecule has 0 saturated heterocycles. The summed E-state index contributed by atoms with van der Waals surface area (Å²) in [4.78, 5) is 14.1. The maximum absolute atomic E-state index is 12.1. The molecule has 4 nitrogen and oxygen atoms in total. The van der Waals surface area contributed by atoms with Gasteiger partial charge in [-0.1, -0.05) is 44.0 Å². The second-order valence-electron chi connectivity index (χ2n) is 5.61. The van der Waals surface area contributed by atoms with Crippen LogP contribution in [0.1, 0.15) is 44.2 Å². The van der Waals surface area contributed by atoms with E-state index in [4.69, 9.17) is 5.73 Å². The molecule has 4 heteroatoms. The van der Waals surface area contributed by atoms with Crippen molar-refractivity contribution in [3.05, 3.63) is 35.4 Å². The molecule has 0 heterocycles. The number of nitrogens with two attached hydrogens (primary N) is 1. The molecule has 0 radical (unpaired) electrons. The van der Waals surface area contributed by atoms with Crippen molar-refractivity contribution in [1.82, 2.24) is 10.2 Å². The Hall–Kier alpha value is -1.39. The van der Waals surface area contributed by atoms with Crippen LogP contribution in [0, 0.1) is 0 Å². The predicted octanol–water partition coefficient (Wildman–Crippen LogP) is 2.27. The Bertz CT molecular complexity index is 417. The lowest BCUT2D eigenvalue weighted by atomic mass is 10.1.